The molecule has 1 saturated heterocycles. The molecule has 2 aliphatic heterocycles. The van der Waals surface area contributed by atoms with Gasteiger partial charge in [-0.3, -0.25) is 14.5 Å². The van der Waals surface area contributed by atoms with E-state index in [4.69, 9.17) is 26.2 Å². The molecule has 0 bridgehead atoms. The average Bonchev–Trinajstić information content (AvgIpc) is 2.60. The minimum absolute atomic E-state index is 0.0461. The summed E-state index contributed by atoms with van der Waals surface area (Å²) < 4.78 is 11.4. The normalized spacial score (nSPS) is 22.7. The molecule has 7 nitrogen and oxygen atoms in total. The van der Waals surface area contributed by atoms with Gasteiger partial charge in [0.15, 0.2) is 0 Å². The number of likely N-dealkylation sites (N-methyl/N-ethyl adjacent to an activating group) is 1. The van der Waals surface area contributed by atoms with Gasteiger partial charge in [-0.05, 0) is 37.2 Å². The van der Waals surface area contributed by atoms with Crippen molar-refractivity contribution in [2.75, 3.05) is 46.4 Å². The van der Waals surface area contributed by atoms with Crippen molar-refractivity contribution in [1.29, 1.82) is 0 Å². The summed E-state index contributed by atoms with van der Waals surface area (Å²) in [6.45, 7) is 2.22. The topological polar surface area (TPSA) is 79.3 Å². The maximum atomic E-state index is 12.9. The molecule has 0 radical (unpaired) electrons. The third kappa shape index (κ3) is 4.66. The van der Waals surface area contributed by atoms with Gasteiger partial charge < -0.3 is 19.5 Å². The van der Waals surface area contributed by atoms with E-state index in [1.807, 2.05) is 12.1 Å². The highest BCUT2D eigenvalue weighted by Gasteiger charge is 2.33. The van der Waals surface area contributed by atoms with Crippen LogP contribution in [-0.2, 0) is 20.7 Å². The fourth-order valence-corrected chi connectivity index (χ4v) is 3.65. The first-order chi connectivity index (χ1) is 12.4. The fraction of sp³-hybridized carbons (Fsp3) is 0.556. The van der Waals surface area contributed by atoms with E-state index < -0.39 is 5.97 Å². The highest BCUT2D eigenvalue weighted by atomic mass is 35.5. The van der Waals surface area contributed by atoms with Crippen molar-refractivity contribution in [1.82, 2.24) is 9.80 Å². The summed E-state index contributed by atoms with van der Waals surface area (Å²) in [5, 5.41) is 9.49. The van der Waals surface area contributed by atoms with Gasteiger partial charge in [-0.15, -0.1) is 0 Å². The van der Waals surface area contributed by atoms with E-state index in [-0.39, 0.29) is 24.5 Å². The Bertz CT molecular complexity index is 684. The maximum Gasteiger partial charge on any atom is 0.317 e. The molecule has 1 aromatic carbocycles. The van der Waals surface area contributed by atoms with E-state index in [1.165, 1.54) is 0 Å². The second-order valence-corrected chi connectivity index (χ2v) is 7.27. The van der Waals surface area contributed by atoms with Crippen LogP contribution in [0.2, 0.25) is 5.02 Å². The quantitative estimate of drug-likeness (QED) is 0.822. The summed E-state index contributed by atoms with van der Waals surface area (Å²) >= 11 is 6.04. The number of nitrogens with zero attached hydrogens (tertiary/aromatic N) is 2. The second kappa shape index (κ2) is 8.24. The second-order valence-electron chi connectivity index (χ2n) is 6.83. The number of carbonyl (C=O) groups is 2. The molecule has 0 spiro atoms. The van der Waals surface area contributed by atoms with Crippen molar-refractivity contribution in [3.8, 4) is 5.75 Å². The first-order valence-electron chi connectivity index (χ1n) is 8.64. The standard InChI is InChI=1S/C18H23ClN2O5/c1-20(10-17(22)23)8-15-9-21(4-5-25-15)18(24)13-6-12-7-14(19)2-3-16(12)26-11-13/h2-3,7,13,15H,4-6,8-11H2,1H3,(H,22,23)/t13-,15-/m1/s1. The Morgan fingerprint density at radius 3 is 3.00 bits per heavy atom. The zero-order valence-corrected chi connectivity index (χ0v) is 15.4. The lowest BCUT2D eigenvalue weighted by Crippen LogP contribution is -2.52. The van der Waals surface area contributed by atoms with Crippen molar-refractivity contribution in [2.45, 2.75) is 12.5 Å². The van der Waals surface area contributed by atoms with Crippen molar-refractivity contribution >= 4 is 23.5 Å². The minimum Gasteiger partial charge on any atom is -0.492 e. The van der Waals surface area contributed by atoms with E-state index in [1.54, 1.807) is 22.9 Å². The Morgan fingerprint density at radius 1 is 1.42 bits per heavy atom. The molecule has 26 heavy (non-hydrogen) atoms. The van der Waals surface area contributed by atoms with Crippen molar-refractivity contribution in [3.63, 3.8) is 0 Å². The zero-order valence-electron chi connectivity index (χ0n) is 14.7. The number of morpholine rings is 1. The average molecular weight is 383 g/mol. The van der Waals surface area contributed by atoms with Crippen LogP contribution in [0.25, 0.3) is 0 Å². The molecule has 2 heterocycles. The largest absolute Gasteiger partial charge is 0.492 e. The van der Waals surface area contributed by atoms with E-state index in [2.05, 4.69) is 0 Å². The number of carboxylic acid groups (broad SMARTS) is 1. The zero-order chi connectivity index (χ0) is 18.7. The first-order valence-corrected chi connectivity index (χ1v) is 9.02. The number of benzene rings is 1. The Labute approximate surface area is 157 Å². The predicted octanol–water partition coefficient (Wildman–Crippen LogP) is 1.13. The molecule has 1 amide bonds. The molecule has 0 aromatic heterocycles. The van der Waals surface area contributed by atoms with Crippen LogP contribution < -0.4 is 4.74 Å². The van der Waals surface area contributed by atoms with Crippen LogP contribution in [0.1, 0.15) is 5.56 Å². The number of fused-ring (bicyclic) bond motifs is 1. The predicted molar refractivity (Wildman–Crippen MR) is 95.6 cm³/mol. The summed E-state index contributed by atoms with van der Waals surface area (Å²) in [5.74, 6) is -0.289. The van der Waals surface area contributed by atoms with Gasteiger partial charge in [0.25, 0.3) is 0 Å². The monoisotopic (exact) mass is 382 g/mol. The van der Waals surface area contributed by atoms with Gasteiger partial charge in [0.1, 0.15) is 12.4 Å². The lowest BCUT2D eigenvalue weighted by Gasteiger charge is -2.37. The summed E-state index contributed by atoms with van der Waals surface area (Å²) in [7, 11) is 1.73. The number of carbonyl (C=O) groups excluding carboxylic acids is 1. The van der Waals surface area contributed by atoms with Gasteiger partial charge in [0, 0.05) is 24.7 Å². The lowest BCUT2D eigenvalue weighted by atomic mass is 9.95. The fourth-order valence-electron chi connectivity index (χ4n) is 3.45. The SMILES string of the molecule is CN(CC(=O)O)C[C@@H]1CN(C(=O)[C@H]2COc3ccc(Cl)cc3C2)CCO1. The lowest BCUT2D eigenvalue weighted by molar-refractivity contribution is -0.146. The van der Waals surface area contributed by atoms with Crippen molar-refractivity contribution < 1.29 is 24.2 Å². The number of amides is 1. The van der Waals surface area contributed by atoms with Gasteiger partial charge in [0.2, 0.25) is 5.91 Å². The van der Waals surface area contributed by atoms with Crippen LogP contribution in [0, 0.1) is 5.92 Å². The highest BCUT2D eigenvalue weighted by Crippen LogP contribution is 2.30. The third-order valence-electron chi connectivity index (χ3n) is 4.65. The van der Waals surface area contributed by atoms with Gasteiger partial charge in [-0.2, -0.15) is 0 Å². The van der Waals surface area contributed by atoms with E-state index in [9.17, 15) is 9.59 Å². The molecule has 0 unspecified atom stereocenters. The maximum absolute atomic E-state index is 12.9. The molecule has 2 atom stereocenters. The Balaban J connectivity index is 1.58. The van der Waals surface area contributed by atoms with Crippen LogP contribution >= 0.6 is 11.6 Å². The van der Waals surface area contributed by atoms with E-state index in [0.717, 1.165) is 11.3 Å². The van der Waals surface area contributed by atoms with Crippen LogP contribution in [-0.4, -0.2) is 79.3 Å². The first kappa shape index (κ1) is 18.9. The number of ether oxygens (including phenoxy) is 2. The number of halogens is 1. The van der Waals surface area contributed by atoms with Gasteiger partial charge in [-0.25, -0.2) is 0 Å². The molecule has 8 heteroatoms. The Kier molecular flexibility index (Phi) is 6.01. The van der Waals surface area contributed by atoms with Gasteiger partial charge in [-0.1, -0.05) is 11.6 Å². The molecule has 1 aromatic rings. The van der Waals surface area contributed by atoms with E-state index in [0.29, 0.717) is 44.3 Å². The Morgan fingerprint density at radius 2 is 2.23 bits per heavy atom. The molecule has 1 N–H and O–H groups in total. The molecule has 142 valence electrons. The molecule has 1 fully saturated rings. The highest BCUT2D eigenvalue weighted by molar-refractivity contribution is 6.30. The summed E-state index contributed by atoms with van der Waals surface area (Å²) in [4.78, 5) is 27.2. The van der Waals surface area contributed by atoms with Crippen LogP contribution in [0.15, 0.2) is 18.2 Å². The smallest absolute Gasteiger partial charge is 0.317 e. The number of carboxylic acids is 1. The number of hydrogen-bond acceptors (Lipinski definition) is 5. The summed E-state index contributed by atoms with van der Waals surface area (Å²) in [5.41, 5.74) is 0.952. The van der Waals surface area contributed by atoms with E-state index >= 15 is 0 Å². The number of aliphatic carboxylic acids is 1. The van der Waals surface area contributed by atoms with Gasteiger partial charge in [0.05, 0.1) is 25.2 Å². The number of rotatable bonds is 5. The molecule has 3 rings (SSSR count). The third-order valence-corrected chi connectivity index (χ3v) is 4.88. The van der Waals surface area contributed by atoms with Crippen molar-refractivity contribution in [3.05, 3.63) is 28.8 Å². The summed E-state index contributed by atoms with van der Waals surface area (Å²) in [6.07, 6.45) is 0.415. The molecular weight excluding hydrogens is 360 g/mol. The molecular formula is C18H23ClN2O5. The number of hydrogen-bond donors (Lipinski definition) is 1. The molecule has 2 aliphatic rings. The van der Waals surface area contributed by atoms with Crippen LogP contribution in [0.5, 0.6) is 5.75 Å². The van der Waals surface area contributed by atoms with Crippen LogP contribution in [0.3, 0.4) is 0 Å². The molecule has 0 aliphatic carbocycles. The van der Waals surface area contributed by atoms with Crippen molar-refractivity contribution in [2.24, 2.45) is 5.92 Å². The Hall–Kier alpha value is -1.83. The van der Waals surface area contributed by atoms with Gasteiger partial charge >= 0.3 is 5.97 Å². The summed E-state index contributed by atoms with van der Waals surface area (Å²) in [6, 6.07) is 5.46. The minimum atomic E-state index is -0.882. The van der Waals surface area contributed by atoms with Crippen LogP contribution in [0.4, 0.5) is 0 Å². The molecule has 0 saturated carbocycles.